The standard InChI is InChI=1S/C18H26N4OS/c1-13-16(14(2)21(3)20-13)11-22(12-17-19-9-10-24-17)18(23)15-7-5-4-6-8-15/h9-10,15H,4-8,11-12H2,1-3H3. The van der Waals surface area contributed by atoms with Gasteiger partial charge in [0.15, 0.2) is 0 Å². The third-order valence-corrected chi connectivity index (χ3v) is 5.85. The van der Waals surface area contributed by atoms with Crippen LogP contribution in [0.1, 0.15) is 54.1 Å². The predicted octanol–water partition coefficient (Wildman–Crippen LogP) is 3.60. The summed E-state index contributed by atoms with van der Waals surface area (Å²) in [6, 6.07) is 0. The number of aromatic nitrogens is 3. The Bertz CT molecular complexity index is 686. The molecule has 0 unspecified atom stereocenters. The Morgan fingerprint density at radius 3 is 2.62 bits per heavy atom. The van der Waals surface area contributed by atoms with Crippen molar-refractivity contribution in [1.82, 2.24) is 19.7 Å². The molecule has 1 fully saturated rings. The van der Waals surface area contributed by atoms with Gasteiger partial charge in [-0.25, -0.2) is 4.98 Å². The third kappa shape index (κ3) is 3.69. The van der Waals surface area contributed by atoms with E-state index >= 15 is 0 Å². The number of nitrogens with zero attached hydrogens (tertiary/aromatic N) is 4. The molecule has 1 aliphatic rings. The average Bonchev–Trinajstić information content (AvgIpc) is 3.18. The van der Waals surface area contributed by atoms with Crippen molar-refractivity contribution >= 4 is 17.2 Å². The largest absolute Gasteiger partial charge is 0.331 e. The second-order valence-corrected chi connectivity index (χ2v) is 7.71. The van der Waals surface area contributed by atoms with Crippen LogP contribution in [0.15, 0.2) is 11.6 Å². The number of carbonyl (C=O) groups excluding carboxylic acids is 1. The topological polar surface area (TPSA) is 51.0 Å². The van der Waals surface area contributed by atoms with Crippen LogP contribution in [-0.4, -0.2) is 25.6 Å². The number of rotatable bonds is 5. The third-order valence-electron chi connectivity index (χ3n) is 5.08. The van der Waals surface area contributed by atoms with Crippen LogP contribution in [0.5, 0.6) is 0 Å². The molecule has 0 aromatic carbocycles. The van der Waals surface area contributed by atoms with Crippen LogP contribution in [0, 0.1) is 19.8 Å². The Balaban J connectivity index is 1.82. The van der Waals surface area contributed by atoms with E-state index in [9.17, 15) is 4.79 Å². The van der Waals surface area contributed by atoms with Crippen molar-refractivity contribution in [3.63, 3.8) is 0 Å². The van der Waals surface area contributed by atoms with Crippen LogP contribution in [-0.2, 0) is 24.9 Å². The van der Waals surface area contributed by atoms with Gasteiger partial charge < -0.3 is 4.90 Å². The first kappa shape index (κ1) is 17.1. The minimum atomic E-state index is 0.177. The normalized spacial score (nSPS) is 15.6. The van der Waals surface area contributed by atoms with Gasteiger partial charge in [0.2, 0.25) is 5.91 Å². The van der Waals surface area contributed by atoms with Gasteiger partial charge in [0.25, 0.3) is 0 Å². The van der Waals surface area contributed by atoms with Crippen molar-refractivity contribution in [3.8, 4) is 0 Å². The molecule has 24 heavy (non-hydrogen) atoms. The van der Waals surface area contributed by atoms with Crippen LogP contribution in [0.4, 0.5) is 0 Å². The number of amides is 1. The molecule has 0 bridgehead atoms. The van der Waals surface area contributed by atoms with E-state index in [0.29, 0.717) is 13.1 Å². The minimum Gasteiger partial charge on any atom is -0.331 e. The molecule has 5 nitrogen and oxygen atoms in total. The van der Waals surface area contributed by atoms with E-state index in [0.717, 1.165) is 29.2 Å². The minimum absolute atomic E-state index is 0.177. The van der Waals surface area contributed by atoms with E-state index < -0.39 is 0 Å². The maximum atomic E-state index is 13.1. The lowest BCUT2D eigenvalue weighted by Crippen LogP contribution is -2.36. The van der Waals surface area contributed by atoms with Crippen LogP contribution in [0.3, 0.4) is 0 Å². The number of hydrogen-bond donors (Lipinski definition) is 0. The summed E-state index contributed by atoms with van der Waals surface area (Å²) < 4.78 is 1.90. The first-order chi connectivity index (χ1) is 11.6. The molecule has 2 aromatic heterocycles. The van der Waals surface area contributed by atoms with Crippen molar-refractivity contribution in [2.45, 2.75) is 59.0 Å². The molecule has 1 saturated carbocycles. The molecule has 0 saturated heterocycles. The maximum Gasteiger partial charge on any atom is 0.226 e. The van der Waals surface area contributed by atoms with Gasteiger partial charge in [-0.15, -0.1) is 11.3 Å². The average molecular weight is 347 g/mol. The van der Waals surface area contributed by atoms with Gasteiger partial charge in [-0.1, -0.05) is 19.3 Å². The first-order valence-corrected chi connectivity index (χ1v) is 9.60. The van der Waals surface area contributed by atoms with Gasteiger partial charge in [-0.2, -0.15) is 5.10 Å². The molecule has 0 radical (unpaired) electrons. The van der Waals surface area contributed by atoms with E-state index in [2.05, 4.69) is 17.0 Å². The number of hydrogen-bond acceptors (Lipinski definition) is 4. The summed E-state index contributed by atoms with van der Waals surface area (Å²) in [5.41, 5.74) is 3.31. The van der Waals surface area contributed by atoms with Crippen molar-refractivity contribution in [2.75, 3.05) is 0 Å². The Labute approximate surface area is 147 Å². The van der Waals surface area contributed by atoms with E-state index in [1.165, 1.54) is 24.8 Å². The summed E-state index contributed by atoms with van der Waals surface area (Å²) in [6.07, 6.45) is 7.47. The summed E-state index contributed by atoms with van der Waals surface area (Å²) in [6.45, 7) is 5.32. The Morgan fingerprint density at radius 2 is 2.04 bits per heavy atom. The molecule has 2 aromatic rings. The van der Waals surface area contributed by atoms with Gasteiger partial charge in [0.1, 0.15) is 5.01 Å². The molecule has 1 aliphatic carbocycles. The molecule has 1 amide bonds. The molecule has 0 atom stereocenters. The van der Waals surface area contributed by atoms with Gasteiger partial charge in [-0.3, -0.25) is 9.48 Å². The SMILES string of the molecule is Cc1nn(C)c(C)c1CN(Cc1nccs1)C(=O)C1CCCCC1. The highest BCUT2D eigenvalue weighted by molar-refractivity contribution is 7.09. The maximum absolute atomic E-state index is 13.1. The highest BCUT2D eigenvalue weighted by Gasteiger charge is 2.27. The van der Waals surface area contributed by atoms with Crippen LogP contribution in [0.25, 0.3) is 0 Å². The van der Waals surface area contributed by atoms with Crippen LogP contribution in [0.2, 0.25) is 0 Å². The zero-order valence-electron chi connectivity index (χ0n) is 14.8. The first-order valence-electron chi connectivity index (χ1n) is 8.72. The van der Waals surface area contributed by atoms with Crippen molar-refractivity contribution in [2.24, 2.45) is 13.0 Å². The molecule has 6 heteroatoms. The smallest absolute Gasteiger partial charge is 0.226 e. The molecule has 0 spiro atoms. The highest BCUT2D eigenvalue weighted by Crippen LogP contribution is 2.27. The number of aryl methyl sites for hydroxylation is 2. The van der Waals surface area contributed by atoms with Gasteiger partial charge in [0.05, 0.1) is 12.2 Å². The van der Waals surface area contributed by atoms with Gasteiger partial charge in [-0.05, 0) is 26.7 Å². The van der Waals surface area contributed by atoms with E-state index in [1.807, 2.05) is 35.1 Å². The number of thiazole rings is 1. The summed E-state index contributed by atoms with van der Waals surface area (Å²) in [5, 5.41) is 7.47. The predicted molar refractivity (Wildman–Crippen MR) is 95.6 cm³/mol. The van der Waals surface area contributed by atoms with Crippen molar-refractivity contribution in [3.05, 3.63) is 33.5 Å². The summed E-state index contributed by atoms with van der Waals surface area (Å²) >= 11 is 1.61. The fourth-order valence-corrected chi connectivity index (χ4v) is 4.18. The molecular formula is C18H26N4OS. The fraction of sp³-hybridized carbons (Fsp3) is 0.611. The highest BCUT2D eigenvalue weighted by atomic mass is 32.1. The summed E-state index contributed by atoms with van der Waals surface area (Å²) in [5.74, 6) is 0.462. The van der Waals surface area contributed by atoms with E-state index in [1.54, 1.807) is 11.3 Å². The second kappa shape index (κ2) is 7.47. The zero-order chi connectivity index (χ0) is 17.1. The van der Waals surface area contributed by atoms with E-state index in [4.69, 9.17) is 0 Å². The summed E-state index contributed by atoms with van der Waals surface area (Å²) in [7, 11) is 1.96. The molecule has 3 rings (SSSR count). The summed E-state index contributed by atoms with van der Waals surface area (Å²) in [4.78, 5) is 19.5. The molecule has 2 heterocycles. The quantitative estimate of drug-likeness (QED) is 0.831. The van der Waals surface area contributed by atoms with E-state index in [-0.39, 0.29) is 11.8 Å². The Hall–Kier alpha value is -1.69. The Morgan fingerprint density at radius 1 is 1.29 bits per heavy atom. The molecule has 0 aliphatic heterocycles. The van der Waals surface area contributed by atoms with Gasteiger partial charge in [0, 0.05) is 42.3 Å². The fourth-order valence-electron chi connectivity index (χ4n) is 3.55. The molecule has 130 valence electrons. The second-order valence-electron chi connectivity index (χ2n) is 6.73. The lowest BCUT2D eigenvalue weighted by Gasteiger charge is -2.29. The Kier molecular flexibility index (Phi) is 5.33. The number of carbonyl (C=O) groups is 1. The molecule has 0 N–H and O–H groups in total. The van der Waals surface area contributed by atoms with Crippen molar-refractivity contribution < 1.29 is 4.79 Å². The zero-order valence-corrected chi connectivity index (χ0v) is 15.6. The van der Waals surface area contributed by atoms with Crippen LogP contribution < -0.4 is 0 Å². The van der Waals surface area contributed by atoms with Gasteiger partial charge >= 0.3 is 0 Å². The van der Waals surface area contributed by atoms with Crippen LogP contribution >= 0.6 is 11.3 Å². The lowest BCUT2D eigenvalue weighted by atomic mass is 9.88. The van der Waals surface area contributed by atoms with Crippen molar-refractivity contribution in [1.29, 1.82) is 0 Å². The molecular weight excluding hydrogens is 320 g/mol. The lowest BCUT2D eigenvalue weighted by molar-refractivity contribution is -0.137. The monoisotopic (exact) mass is 346 g/mol.